The van der Waals surface area contributed by atoms with E-state index in [0.29, 0.717) is 12.1 Å². The number of carbonyl (C=O) groups excluding carboxylic acids is 3. The molecule has 9 nitrogen and oxygen atoms in total. The number of ether oxygens (including phenoxy) is 1. The Kier molecular flexibility index (Phi) is 10.2. The molecule has 3 amide bonds. The van der Waals surface area contributed by atoms with E-state index in [1.165, 1.54) is 24.3 Å². The summed E-state index contributed by atoms with van der Waals surface area (Å²) in [7, 11) is 0. The Hall–Kier alpha value is -3.75. The van der Waals surface area contributed by atoms with Crippen molar-refractivity contribution in [3.8, 4) is 11.5 Å². The average Bonchev–Trinajstić information content (AvgIpc) is 3.70. The third kappa shape index (κ3) is 9.19. The largest absolute Gasteiger partial charge is 0.508 e. The summed E-state index contributed by atoms with van der Waals surface area (Å²) >= 11 is 0. The van der Waals surface area contributed by atoms with Gasteiger partial charge in [0, 0.05) is 19.0 Å². The molecular weight excluding hydrogens is 498 g/mol. The van der Waals surface area contributed by atoms with Crippen LogP contribution in [0.3, 0.4) is 0 Å². The van der Waals surface area contributed by atoms with Crippen LogP contribution in [-0.4, -0.2) is 57.3 Å². The van der Waals surface area contributed by atoms with Gasteiger partial charge in [-0.25, -0.2) is 4.79 Å². The maximum absolute atomic E-state index is 14.2. The quantitative estimate of drug-likeness (QED) is 0.293. The lowest BCUT2D eigenvalue weighted by atomic mass is 9.99. The number of amides is 3. The second kappa shape index (κ2) is 13.4. The number of nitrogens with one attached hydrogen (secondary N) is 2. The molecule has 212 valence electrons. The third-order valence-electron chi connectivity index (χ3n) is 6.37. The van der Waals surface area contributed by atoms with Crippen molar-refractivity contribution in [1.82, 2.24) is 15.5 Å². The molecule has 0 radical (unpaired) electrons. The van der Waals surface area contributed by atoms with Gasteiger partial charge in [-0.1, -0.05) is 44.0 Å². The van der Waals surface area contributed by atoms with Crippen LogP contribution in [0.5, 0.6) is 11.5 Å². The molecule has 2 unspecified atom stereocenters. The first kappa shape index (κ1) is 29.8. The van der Waals surface area contributed by atoms with Crippen LogP contribution in [-0.2, 0) is 20.7 Å². The lowest BCUT2D eigenvalue weighted by Gasteiger charge is -2.35. The molecular formula is C30H41N3O6. The van der Waals surface area contributed by atoms with E-state index >= 15 is 0 Å². The summed E-state index contributed by atoms with van der Waals surface area (Å²) in [6, 6.07) is 10.6. The fourth-order valence-corrected chi connectivity index (χ4v) is 4.35. The number of hydrogen-bond acceptors (Lipinski definition) is 6. The molecule has 2 aromatic carbocycles. The first-order valence-corrected chi connectivity index (χ1v) is 13.6. The minimum absolute atomic E-state index is 0.0574. The molecule has 1 fully saturated rings. The summed E-state index contributed by atoms with van der Waals surface area (Å²) in [6.07, 6.45) is 3.70. The Labute approximate surface area is 230 Å². The zero-order chi connectivity index (χ0) is 28.6. The number of phenols is 2. The number of carbonyl (C=O) groups is 3. The number of alkyl carbamates (subject to hydrolysis) is 1. The van der Waals surface area contributed by atoms with Gasteiger partial charge >= 0.3 is 6.09 Å². The van der Waals surface area contributed by atoms with Crippen LogP contribution < -0.4 is 10.6 Å². The van der Waals surface area contributed by atoms with Crippen molar-refractivity contribution in [1.29, 1.82) is 0 Å². The molecule has 2 atom stereocenters. The van der Waals surface area contributed by atoms with Crippen molar-refractivity contribution in [3.63, 3.8) is 0 Å². The number of phenolic OH excluding ortho intramolecular Hbond substituents is 2. The normalized spacial score (nSPS) is 14.7. The van der Waals surface area contributed by atoms with Crippen molar-refractivity contribution in [2.24, 2.45) is 0 Å². The van der Waals surface area contributed by atoms with Crippen LogP contribution >= 0.6 is 0 Å². The molecule has 0 bridgehead atoms. The van der Waals surface area contributed by atoms with Gasteiger partial charge in [0.05, 0.1) is 0 Å². The molecule has 1 saturated carbocycles. The fraction of sp³-hybridized carbons (Fsp3) is 0.500. The highest BCUT2D eigenvalue weighted by Gasteiger charge is 2.44. The average molecular weight is 540 g/mol. The zero-order valence-corrected chi connectivity index (χ0v) is 23.3. The molecule has 0 saturated heterocycles. The summed E-state index contributed by atoms with van der Waals surface area (Å²) in [5, 5.41) is 25.3. The molecule has 3 rings (SSSR count). The van der Waals surface area contributed by atoms with Crippen LogP contribution in [0.15, 0.2) is 48.5 Å². The van der Waals surface area contributed by atoms with E-state index < -0.39 is 29.7 Å². The van der Waals surface area contributed by atoms with E-state index in [1.807, 2.05) is 0 Å². The van der Waals surface area contributed by atoms with Gasteiger partial charge in [-0.2, -0.15) is 0 Å². The number of nitrogens with zero attached hydrogens (tertiary/aromatic N) is 1. The molecule has 0 aliphatic heterocycles. The van der Waals surface area contributed by atoms with Gasteiger partial charge in [0.15, 0.2) is 0 Å². The summed E-state index contributed by atoms with van der Waals surface area (Å²) in [5.74, 6) is -0.564. The highest BCUT2D eigenvalue weighted by atomic mass is 16.6. The monoisotopic (exact) mass is 539 g/mol. The summed E-state index contributed by atoms with van der Waals surface area (Å²) in [6.45, 7) is 7.79. The Balaban J connectivity index is 1.95. The van der Waals surface area contributed by atoms with Gasteiger partial charge in [0.25, 0.3) is 0 Å². The summed E-state index contributed by atoms with van der Waals surface area (Å²) in [5.41, 5.74) is 0.532. The first-order chi connectivity index (χ1) is 18.5. The minimum Gasteiger partial charge on any atom is -0.508 e. The molecule has 0 aromatic heterocycles. The van der Waals surface area contributed by atoms with E-state index in [4.69, 9.17) is 4.74 Å². The second-order valence-electron chi connectivity index (χ2n) is 11.0. The van der Waals surface area contributed by atoms with Crippen molar-refractivity contribution in [2.45, 2.75) is 89.9 Å². The Morgan fingerprint density at radius 3 is 2.10 bits per heavy atom. The van der Waals surface area contributed by atoms with Crippen LogP contribution in [0.2, 0.25) is 0 Å². The van der Waals surface area contributed by atoms with Crippen LogP contribution in [0.25, 0.3) is 0 Å². The highest BCUT2D eigenvalue weighted by Crippen LogP contribution is 2.36. The van der Waals surface area contributed by atoms with Crippen molar-refractivity contribution in [3.05, 3.63) is 59.7 Å². The number of unbranched alkanes of at least 4 members (excludes halogenated alkanes) is 2. The molecule has 0 spiro atoms. The number of rotatable bonds is 12. The molecule has 2 aromatic rings. The number of hydrogen-bond donors (Lipinski definition) is 4. The predicted molar refractivity (Wildman–Crippen MR) is 148 cm³/mol. The van der Waals surface area contributed by atoms with Crippen molar-refractivity contribution < 1.29 is 29.3 Å². The maximum atomic E-state index is 14.2. The third-order valence-corrected chi connectivity index (χ3v) is 6.37. The second-order valence-corrected chi connectivity index (χ2v) is 11.0. The molecule has 0 heterocycles. The first-order valence-electron chi connectivity index (χ1n) is 13.6. The zero-order valence-electron chi connectivity index (χ0n) is 23.3. The Morgan fingerprint density at radius 2 is 1.56 bits per heavy atom. The Bertz CT molecular complexity index is 1110. The van der Waals surface area contributed by atoms with E-state index in [0.717, 1.165) is 37.7 Å². The predicted octanol–water partition coefficient (Wildman–Crippen LogP) is 4.57. The number of benzene rings is 2. The SMILES string of the molecule is CCCCCNC(=O)C(c1ccc(O)cc1)N(C(=O)C(Cc1ccc(O)cc1)NC(=O)OC(C)(C)C)C1CC1. The maximum Gasteiger partial charge on any atom is 0.408 e. The smallest absolute Gasteiger partial charge is 0.408 e. The van der Waals surface area contributed by atoms with E-state index in [2.05, 4.69) is 17.6 Å². The van der Waals surface area contributed by atoms with E-state index in [-0.39, 0.29) is 29.9 Å². The molecule has 1 aliphatic carbocycles. The highest BCUT2D eigenvalue weighted by molar-refractivity contribution is 5.92. The van der Waals surface area contributed by atoms with Gasteiger partial charge in [-0.15, -0.1) is 0 Å². The van der Waals surface area contributed by atoms with Crippen LogP contribution in [0.4, 0.5) is 4.79 Å². The van der Waals surface area contributed by atoms with Gasteiger partial charge < -0.3 is 30.5 Å². The summed E-state index contributed by atoms with van der Waals surface area (Å²) < 4.78 is 5.45. The molecule has 39 heavy (non-hydrogen) atoms. The van der Waals surface area contributed by atoms with Crippen molar-refractivity contribution in [2.75, 3.05) is 6.54 Å². The van der Waals surface area contributed by atoms with Gasteiger partial charge in [-0.05, 0) is 75.4 Å². The van der Waals surface area contributed by atoms with E-state index in [9.17, 15) is 24.6 Å². The van der Waals surface area contributed by atoms with Gasteiger partial charge in [-0.3, -0.25) is 9.59 Å². The topological polar surface area (TPSA) is 128 Å². The summed E-state index contributed by atoms with van der Waals surface area (Å²) in [4.78, 5) is 42.2. The molecule has 9 heteroatoms. The minimum atomic E-state index is -1.02. The van der Waals surface area contributed by atoms with Crippen molar-refractivity contribution >= 4 is 17.9 Å². The molecule has 1 aliphatic rings. The van der Waals surface area contributed by atoms with Crippen LogP contribution in [0, 0.1) is 0 Å². The standard InChI is InChI=1S/C30H41N3O6/c1-5-6-7-18-31-27(36)26(21-10-16-24(35)17-11-21)33(22-12-13-22)28(37)25(32-29(38)39-30(2,3)4)19-20-8-14-23(34)15-9-20/h8-11,14-17,22,25-26,34-35H,5-7,12-13,18-19H2,1-4H3,(H,31,36)(H,32,38). The lowest BCUT2D eigenvalue weighted by Crippen LogP contribution is -2.54. The molecule has 4 N–H and O–H groups in total. The lowest BCUT2D eigenvalue weighted by molar-refractivity contribution is -0.143. The van der Waals surface area contributed by atoms with E-state index in [1.54, 1.807) is 49.9 Å². The number of aromatic hydroxyl groups is 2. The van der Waals surface area contributed by atoms with Crippen LogP contribution in [0.1, 0.15) is 77.0 Å². The Morgan fingerprint density at radius 1 is 0.974 bits per heavy atom. The fourth-order valence-electron chi connectivity index (χ4n) is 4.35. The van der Waals surface area contributed by atoms with Gasteiger partial charge in [0.2, 0.25) is 11.8 Å². The van der Waals surface area contributed by atoms with Gasteiger partial charge in [0.1, 0.15) is 29.2 Å².